The molecule has 0 aliphatic carbocycles. The summed E-state index contributed by atoms with van der Waals surface area (Å²) in [7, 11) is 0. The summed E-state index contributed by atoms with van der Waals surface area (Å²) in [6.07, 6.45) is 0. The Bertz CT molecular complexity index is 2150. The van der Waals surface area contributed by atoms with E-state index in [4.69, 9.17) is 0 Å². The minimum Gasteiger partial charge on any atom is -0.135 e. The highest BCUT2D eigenvalue weighted by Crippen LogP contribution is 2.45. The lowest BCUT2D eigenvalue weighted by atomic mass is 9.85. The van der Waals surface area contributed by atoms with Gasteiger partial charge >= 0.3 is 0 Å². The van der Waals surface area contributed by atoms with E-state index in [1.807, 2.05) is 11.3 Å². The van der Waals surface area contributed by atoms with Gasteiger partial charge in [-0.05, 0) is 79.2 Å². The third-order valence-corrected chi connectivity index (χ3v) is 9.01. The molecule has 0 aliphatic rings. The van der Waals surface area contributed by atoms with Crippen LogP contribution in [0.4, 0.5) is 0 Å². The zero-order valence-electron chi connectivity index (χ0n) is 21.3. The zero-order chi connectivity index (χ0) is 25.8. The maximum absolute atomic E-state index is 2.41. The molecule has 0 fully saturated rings. The fourth-order valence-corrected chi connectivity index (χ4v) is 7.18. The van der Waals surface area contributed by atoms with Gasteiger partial charge in [0, 0.05) is 20.2 Å². The highest BCUT2D eigenvalue weighted by Gasteiger charge is 2.17. The second-order valence-corrected chi connectivity index (χ2v) is 11.2. The van der Waals surface area contributed by atoms with Crippen molar-refractivity contribution in [3.05, 3.63) is 146 Å². The van der Waals surface area contributed by atoms with Crippen LogP contribution in [0.25, 0.3) is 75.1 Å². The van der Waals surface area contributed by atoms with Crippen molar-refractivity contribution in [1.82, 2.24) is 0 Å². The summed E-state index contributed by atoms with van der Waals surface area (Å²) in [6.45, 7) is 0. The summed E-state index contributed by atoms with van der Waals surface area (Å²) < 4.78 is 2.68. The normalized spacial score (nSPS) is 11.6. The summed E-state index contributed by atoms with van der Waals surface area (Å²) in [5, 5.41) is 7.80. The summed E-state index contributed by atoms with van der Waals surface area (Å²) in [6, 6.07) is 53.2. The smallest absolute Gasteiger partial charge is 0.0355 e. The summed E-state index contributed by atoms with van der Waals surface area (Å²) >= 11 is 1.87. The molecule has 0 aliphatic heterocycles. The van der Waals surface area contributed by atoms with Gasteiger partial charge in [-0.2, -0.15) is 0 Å². The Balaban J connectivity index is 1.47. The first-order valence-electron chi connectivity index (χ1n) is 13.4. The molecule has 7 aromatic carbocycles. The maximum Gasteiger partial charge on any atom is 0.0355 e. The second-order valence-electron chi connectivity index (χ2n) is 10.1. The molecule has 8 aromatic rings. The average Bonchev–Trinajstić information content (AvgIpc) is 3.38. The predicted molar refractivity (Wildman–Crippen MR) is 171 cm³/mol. The first kappa shape index (κ1) is 22.3. The number of hydrogen-bond donors (Lipinski definition) is 0. The number of hydrogen-bond acceptors (Lipinski definition) is 1. The van der Waals surface area contributed by atoms with Crippen molar-refractivity contribution in [2.75, 3.05) is 0 Å². The second kappa shape index (κ2) is 8.94. The van der Waals surface area contributed by atoms with Gasteiger partial charge in [-0.3, -0.25) is 0 Å². The van der Waals surface area contributed by atoms with Gasteiger partial charge in [0.15, 0.2) is 0 Å². The number of thiophene rings is 1. The molecule has 0 atom stereocenters. The van der Waals surface area contributed by atoms with Crippen LogP contribution in [0, 0.1) is 0 Å². The van der Waals surface area contributed by atoms with Crippen LogP contribution in [-0.2, 0) is 0 Å². The van der Waals surface area contributed by atoms with Crippen LogP contribution in [0.5, 0.6) is 0 Å². The molecule has 0 bridgehead atoms. The Kier molecular flexibility index (Phi) is 5.11. The lowest BCUT2D eigenvalue weighted by molar-refractivity contribution is 1.64. The highest BCUT2D eigenvalue weighted by atomic mass is 32.1. The topological polar surface area (TPSA) is 0 Å². The van der Waals surface area contributed by atoms with E-state index in [9.17, 15) is 0 Å². The lowest BCUT2D eigenvalue weighted by Crippen LogP contribution is -1.91. The molecule has 0 radical (unpaired) electrons. The minimum absolute atomic E-state index is 1.24. The number of benzene rings is 7. The van der Waals surface area contributed by atoms with Gasteiger partial charge in [0.1, 0.15) is 0 Å². The van der Waals surface area contributed by atoms with Gasteiger partial charge in [-0.15, -0.1) is 11.3 Å². The van der Waals surface area contributed by atoms with Crippen molar-refractivity contribution in [1.29, 1.82) is 0 Å². The Morgan fingerprint density at radius 3 is 1.41 bits per heavy atom. The Morgan fingerprint density at radius 1 is 0.282 bits per heavy atom. The third-order valence-electron chi connectivity index (χ3n) is 7.86. The van der Waals surface area contributed by atoms with E-state index in [-0.39, 0.29) is 0 Å². The van der Waals surface area contributed by atoms with Crippen LogP contribution in [0.2, 0.25) is 0 Å². The van der Waals surface area contributed by atoms with Gasteiger partial charge in [0.2, 0.25) is 0 Å². The van der Waals surface area contributed by atoms with Crippen LogP contribution >= 0.6 is 11.3 Å². The van der Waals surface area contributed by atoms with Gasteiger partial charge in [0.25, 0.3) is 0 Å². The zero-order valence-corrected chi connectivity index (χ0v) is 22.1. The van der Waals surface area contributed by atoms with Crippen LogP contribution in [0.15, 0.2) is 146 Å². The number of rotatable bonds is 3. The van der Waals surface area contributed by atoms with Gasteiger partial charge in [-0.25, -0.2) is 0 Å². The van der Waals surface area contributed by atoms with Crippen LogP contribution < -0.4 is 0 Å². The molecule has 8 rings (SSSR count). The third kappa shape index (κ3) is 3.59. The van der Waals surface area contributed by atoms with Gasteiger partial charge < -0.3 is 0 Å². The van der Waals surface area contributed by atoms with E-state index in [1.54, 1.807) is 0 Å². The molecule has 0 saturated heterocycles. The molecule has 0 unspecified atom stereocenters. The molecule has 0 spiro atoms. The van der Waals surface area contributed by atoms with Crippen molar-refractivity contribution in [3.63, 3.8) is 0 Å². The summed E-state index contributed by atoms with van der Waals surface area (Å²) in [5.74, 6) is 0. The quantitative estimate of drug-likeness (QED) is 0.207. The highest BCUT2D eigenvalue weighted by molar-refractivity contribution is 7.25. The summed E-state index contributed by atoms with van der Waals surface area (Å²) in [4.78, 5) is 0. The molecule has 0 amide bonds. The molecule has 0 saturated carbocycles. The average molecular weight is 513 g/mol. The van der Waals surface area contributed by atoms with Crippen LogP contribution in [0.3, 0.4) is 0 Å². The molecule has 39 heavy (non-hydrogen) atoms. The van der Waals surface area contributed by atoms with Crippen LogP contribution in [-0.4, -0.2) is 0 Å². The van der Waals surface area contributed by atoms with E-state index >= 15 is 0 Å². The lowest BCUT2D eigenvalue weighted by Gasteiger charge is -2.18. The first-order chi connectivity index (χ1) is 19.3. The first-order valence-corrected chi connectivity index (χ1v) is 14.2. The molecule has 182 valence electrons. The van der Waals surface area contributed by atoms with Crippen molar-refractivity contribution in [2.24, 2.45) is 0 Å². The maximum atomic E-state index is 2.41. The molecular formula is C38H24S. The van der Waals surface area contributed by atoms with E-state index in [0.717, 1.165) is 0 Å². The van der Waals surface area contributed by atoms with Crippen molar-refractivity contribution in [3.8, 4) is 33.4 Å². The molecule has 0 nitrogen and oxygen atoms in total. The minimum atomic E-state index is 1.24. The predicted octanol–water partition coefficient (Wildman–Crippen LogP) is 11.4. The van der Waals surface area contributed by atoms with E-state index in [2.05, 4.69) is 146 Å². The van der Waals surface area contributed by atoms with Crippen molar-refractivity contribution < 1.29 is 0 Å². The fraction of sp³-hybridized carbons (Fsp3) is 0. The monoisotopic (exact) mass is 512 g/mol. The van der Waals surface area contributed by atoms with Crippen LogP contribution in [0.1, 0.15) is 0 Å². The Labute approximate surface area is 231 Å². The van der Waals surface area contributed by atoms with E-state index < -0.39 is 0 Å². The van der Waals surface area contributed by atoms with E-state index in [0.29, 0.717) is 0 Å². The van der Waals surface area contributed by atoms with Crippen molar-refractivity contribution >= 4 is 53.1 Å². The van der Waals surface area contributed by atoms with E-state index in [1.165, 1.54) is 75.1 Å². The molecule has 1 heterocycles. The molecule has 1 aromatic heterocycles. The summed E-state index contributed by atoms with van der Waals surface area (Å²) in [5.41, 5.74) is 7.58. The SMILES string of the molecule is c1ccc(-c2c3ccccc3c(-c3ccccc3)c3cc(-c4ccc5sc6ccccc6c5c4)ccc23)cc1. The number of fused-ring (bicyclic) bond motifs is 5. The largest absolute Gasteiger partial charge is 0.135 e. The van der Waals surface area contributed by atoms with Gasteiger partial charge in [0.05, 0.1) is 0 Å². The Hall–Kier alpha value is -4.72. The molecule has 0 N–H and O–H groups in total. The molecular weight excluding hydrogens is 488 g/mol. The standard InChI is InChI=1S/C38H24S/c1-3-11-25(12-4-1)37-30-16-7-8-17-31(30)38(26-13-5-2-6-14-26)34-24-27(19-21-32(34)37)28-20-22-36-33(23-28)29-15-9-10-18-35(29)39-36/h1-24H. The van der Waals surface area contributed by atoms with Gasteiger partial charge in [-0.1, -0.05) is 121 Å². The Morgan fingerprint density at radius 2 is 0.744 bits per heavy atom. The van der Waals surface area contributed by atoms with Crippen molar-refractivity contribution in [2.45, 2.75) is 0 Å². The molecule has 1 heteroatoms. The fourth-order valence-electron chi connectivity index (χ4n) is 6.10.